The number of nitrogens with zero attached hydrogens (tertiary/aromatic N) is 3. The number of nitrogens with two attached hydrogens (primary N) is 1. The van der Waals surface area contributed by atoms with E-state index in [0.717, 1.165) is 40.3 Å². The number of carbonyl (C=O) groups excluding carboxylic acids is 2. The number of aromatic nitrogens is 1. The molecule has 2 heterocycles. The summed E-state index contributed by atoms with van der Waals surface area (Å²) in [5.41, 5.74) is 11.4. The number of esters is 1. The Hall–Kier alpha value is -5.10. The zero-order chi connectivity index (χ0) is 30.8. The second-order valence-electron chi connectivity index (χ2n) is 11.4. The molecule has 1 spiro atoms. The minimum atomic E-state index is -0.348. The van der Waals surface area contributed by atoms with Crippen LogP contribution in [-0.2, 0) is 26.1 Å². The second-order valence-corrected chi connectivity index (χ2v) is 11.4. The highest BCUT2D eigenvalue weighted by molar-refractivity contribution is 5.94. The summed E-state index contributed by atoms with van der Waals surface area (Å²) in [5.74, 6) is 0.636. The van der Waals surface area contributed by atoms with Gasteiger partial charge >= 0.3 is 12.1 Å². The molecule has 1 fully saturated rings. The van der Waals surface area contributed by atoms with Gasteiger partial charge in [-0.1, -0.05) is 36.4 Å². The molecule has 2 aliphatic rings. The van der Waals surface area contributed by atoms with Gasteiger partial charge in [0.25, 0.3) is 0 Å². The fourth-order valence-corrected chi connectivity index (χ4v) is 6.65. The molecule has 0 bridgehead atoms. The standard InChI is InChI=1S/C35H34N4O5/c1-4-43-32(40)19-25-7-9-26(37-2)20-30(25)44-31-21-35(12-15-39(16-13-35)34(41)42-3)29-10-8-24(18-28(29)31)23-6-5-22-11-14-38-33(36)27(22)17-23/h5-11,14,17-18,20,31H,4,12-13,15-16,19,21H2,1,3H3,(H2,36,38). The predicted octanol–water partition coefficient (Wildman–Crippen LogP) is 6.76. The normalized spacial score (nSPS) is 16.8. The Morgan fingerprint density at radius 2 is 1.84 bits per heavy atom. The van der Waals surface area contributed by atoms with Crippen LogP contribution in [0.4, 0.5) is 16.3 Å². The summed E-state index contributed by atoms with van der Waals surface area (Å²) in [5, 5.41) is 1.92. The van der Waals surface area contributed by atoms with Crippen molar-refractivity contribution in [1.29, 1.82) is 0 Å². The molecule has 2 N–H and O–H groups in total. The molecule has 224 valence electrons. The van der Waals surface area contributed by atoms with Crippen molar-refractivity contribution >= 4 is 34.3 Å². The lowest BCUT2D eigenvalue weighted by atomic mass is 9.73. The van der Waals surface area contributed by atoms with E-state index in [2.05, 4.69) is 40.2 Å². The first kappa shape index (κ1) is 29.0. The number of carbonyl (C=O) groups is 2. The lowest BCUT2D eigenvalue weighted by Crippen LogP contribution is -2.44. The van der Waals surface area contributed by atoms with E-state index in [-0.39, 0.29) is 36.6 Å². The number of likely N-dealkylation sites (tertiary alicyclic amines) is 1. The number of rotatable bonds is 6. The maximum atomic E-state index is 12.4. The minimum absolute atomic E-state index is 0.0485. The molecule has 0 saturated carbocycles. The first-order chi connectivity index (χ1) is 21.3. The van der Waals surface area contributed by atoms with Crippen LogP contribution < -0.4 is 10.5 Å². The van der Waals surface area contributed by atoms with Crippen molar-refractivity contribution in [2.24, 2.45) is 0 Å². The number of ether oxygens (including phenoxy) is 3. The van der Waals surface area contributed by atoms with E-state index in [4.69, 9.17) is 26.5 Å². The molecular formula is C35H34N4O5. The first-order valence-electron chi connectivity index (χ1n) is 14.8. The first-order valence-corrected chi connectivity index (χ1v) is 14.8. The highest BCUT2D eigenvalue weighted by atomic mass is 16.5. The maximum absolute atomic E-state index is 12.4. The summed E-state index contributed by atoms with van der Waals surface area (Å²) in [6.45, 7) is 10.8. The molecule has 1 unspecified atom stereocenters. The molecule has 3 aromatic carbocycles. The van der Waals surface area contributed by atoms with Crippen molar-refractivity contribution < 1.29 is 23.8 Å². The second kappa shape index (κ2) is 11.9. The van der Waals surface area contributed by atoms with Gasteiger partial charge in [0, 0.05) is 35.7 Å². The molecule has 1 amide bonds. The number of benzene rings is 3. The van der Waals surface area contributed by atoms with E-state index < -0.39 is 0 Å². The zero-order valence-corrected chi connectivity index (χ0v) is 24.8. The highest BCUT2D eigenvalue weighted by Gasteiger charge is 2.47. The van der Waals surface area contributed by atoms with Gasteiger partial charge in [0.2, 0.25) is 0 Å². The van der Waals surface area contributed by atoms with Gasteiger partial charge in [-0.25, -0.2) is 14.6 Å². The molecule has 1 saturated heterocycles. The van der Waals surface area contributed by atoms with Crippen LogP contribution in [0.3, 0.4) is 0 Å². The number of fused-ring (bicyclic) bond motifs is 3. The minimum Gasteiger partial charge on any atom is -0.487 e. The Kier molecular flexibility index (Phi) is 7.83. The largest absolute Gasteiger partial charge is 0.487 e. The summed E-state index contributed by atoms with van der Waals surface area (Å²) >= 11 is 0. The molecule has 44 heavy (non-hydrogen) atoms. The highest BCUT2D eigenvalue weighted by Crippen LogP contribution is 2.53. The van der Waals surface area contributed by atoms with Crippen molar-refractivity contribution in [3.8, 4) is 16.9 Å². The third-order valence-corrected chi connectivity index (χ3v) is 8.92. The lowest BCUT2D eigenvalue weighted by Gasteiger charge is -2.39. The van der Waals surface area contributed by atoms with Gasteiger partial charge < -0.3 is 24.8 Å². The Morgan fingerprint density at radius 1 is 1.07 bits per heavy atom. The van der Waals surface area contributed by atoms with Crippen LogP contribution >= 0.6 is 0 Å². The number of methoxy groups -OCH3 is 1. The summed E-state index contributed by atoms with van der Waals surface area (Å²) in [6.07, 6.45) is 3.35. The topological polar surface area (TPSA) is 108 Å². The fourth-order valence-electron chi connectivity index (χ4n) is 6.65. The molecular weight excluding hydrogens is 556 g/mol. The molecule has 4 aromatic rings. The van der Waals surface area contributed by atoms with Crippen molar-refractivity contribution in [1.82, 2.24) is 9.88 Å². The van der Waals surface area contributed by atoms with Crippen molar-refractivity contribution in [3.05, 3.63) is 95.0 Å². The number of nitrogen functional groups attached to an aromatic ring is 1. The van der Waals surface area contributed by atoms with Crippen LogP contribution in [0.15, 0.2) is 66.9 Å². The number of piperidine rings is 1. The summed E-state index contributed by atoms with van der Waals surface area (Å²) in [6, 6.07) is 19.8. The third-order valence-electron chi connectivity index (χ3n) is 8.92. The molecule has 1 aliphatic heterocycles. The van der Waals surface area contributed by atoms with Gasteiger partial charge in [0.05, 0.1) is 26.7 Å². The monoisotopic (exact) mass is 590 g/mol. The number of anilines is 1. The Morgan fingerprint density at radius 3 is 2.59 bits per heavy atom. The van der Waals surface area contributed by atoms with Crippen LogP contribution in [0.2, 0.25) is 0 Å². The van der Waals surface area contributed by atoms with Gasteiger partial charge in [0.15, 0.2) is 5.69 Å². The van der Waals surface area contributed by atoms with Crippen LogP contribution in [0.25, 0.3) is 26.7 Å². The third kappa shape index (κ3) is 5.39. The summed E-state index contributed by atoms with van der Waals surface area (Å²) in [4.78, 5) is 34.3. The maximum Gasteiger partial charge on any atom is 0.409 e. The molecule has 1 aliphatic carbocycles. The Labute approximate surface area is 256 Å². The van der Waals surface area contributed by atoms with Crippen LogP contribution in [0.5, 0.6) is 5.75 Å². The molecule has 1 aromatic heterocycles. The predicted molar refractivity (Wildman–Crippen MR) is 168 cm³/mol. The molecule has 6 rings (SSSR count). The Balaban J connectivity index is 1.40. The van der Waals surface area contributed by atoms with Crippen LogP contribution in [-0.4, -0.2) is 48.8 Å². The van der Waals surface area contributed by atoms with Gasteiger partial charge in [-0.05, 0) is 78.1 Å². The smallest absolute Gasteiger partial charge is 0.409 e. The fraction of sp³-hybridized carbons (Fsp3) is 0.314. The van der Waals surface area contributed by atoms with Gasteiger partial charge in [-0.3, -0.25) is 4.79 Å². The van der Waals surface area contributed by atoms with Crippen molar-refractivity contribution in [2.45, 2.75) is 44.1 Å². The van der Waals surface area contributed by atoms with E-state index in [1.807, 2.05) is 12.1 Å². The average molecular weight is 591 g/mol. The van der Waals surface area contributed by atoms with Crippen LogP contribution in [0.1, 0.15) is 49.0 Å². The van der Waals surface area contributed by atoms with Crippen LogP contribution in [0, 0.1) is 6.57 Å². The molecule has 0 radical (unpaired) electrons. The number of pyridine rings is 1. The lowest BCUT2D eigenvalue weighted by molar-refractivity contribution is -0.142. The zero-order valence-electron chi connectivity index (χ0n) is 24.8. The molecule has 9 heteroatoms. The summed E-state index contributed by atoms with van der Waals surface area (Å²) in [7, 11) is 1.41. The van der Waals surface area contributed by atoms with E-state index in [0.29, 0.717) is 42.3 Å². The van der Waals surface area contributed by atoms with E-state index >= 15 is 0 Å². The van der Waals surface area contributed by atoms with Gasteiger partial charge in [0.1, 0.15) is 17.7 Å². The molecule has 9 nitrogen and oxygen atoms in total. The number of amides is 1. The summed E-state index contributed by atoms with van der Waals surface area (Å²) < 4.78 is 17.0. The molecule has 1 atom stereocenters. The van der Waals surface area contributed by atoms with E-state index in [1.165, 1.54) is 12.7 Å². The van der Waals surface area contributed by atoms with Gasteiger partial charge in [-0.15, -0.1) is 0 Å². The van der Waals surface area contributed by atoms with Gasteiger partial charge in [-0.2, -0.15) is 0 Å². The quantitative estimate of drug-likeness (QED) is 0.195. The number of hydrogen-bond donors (Lipinski definition) is 1. The van der Waals surface area contributed by atoms with Crippen molar-refractivity contribution in [3.63, 3.8) is 0 Å². The van der Waals surface area contributed by atoms with E-state index in [9.17, 15) is 9.59 Å². The number of hydrogen-bond acceptors (Lipinski definition) is 7. The van der Waals surface area contributed by atoms with Crippen molar-refractivity contribution in [2.75, 3.05) is 32.5 Å². The average Bonchev–Trinajstić information content (AvgIpc) is 3.33. The SMILES string of the molecule is [C-]#[N+]c1ccc(CC(=O)OCC)c(OC2CC3(CCN(C(=O)OC)CC3)c3ccc(-c4ccc5ccnc(N)c5c4)cc32)c1. The Bertz CT molecular complexity index is 1790. The van der Waals surface area contributed by atoms with E-state index in [1.54, 1.807) is 36.2 Å².